The van der Waals surface area contributed by atoms with Gasteiger partial charge in [0.05, 0.1) is 26.4 Å². The third-order valence-corrected chi connectivity index (χ3v) is 2.68. The largest absolute Gasteiger partial charge is 0.379 e. The topological polar surface area (TPSA) is 36.9 Å². The molecule has 0 aromatic carbocycles. The van der Waals surface area contributed by atoms with Gasteiger partial charge in [0.15, 0.2) is 6.29 Å². The van der Waals surface area contributed by atoms with E-state index in [4.69, 9.17) is 18.9 Å². The molecule has 1 rings (SSSR count). The number of hydrogen-bond donors (Lipinski definition) is 0. The van der Waals surface area contributed by atoms with Crippen LogP contribution in [0.25, 0.3) is 0 Å². The van der Waals surface area contributed by atoms with Gasteiger partial charge in [0, 0.05) is 13.2 Å². The van der Waals surface area contributed by atoms with E-state index >= 15 is 0 Å². The van der Waals surface area contributed by atoms with Gasteiger partial charge in [0.2, 0.25) is 0 Å². The predicted molar refractivity (Wildman–Crippen MR) is 66.1 cm³/mol. The summed E-state index contributed by atoms with van der Waals surface area (Å²) in [6.45, 7) is 6.39. The second-order valence-corrected chi connectivity index (χ2v) is 4.25. The molecule has 0 radical (unpaired) electrons. The lowest BCUT2D eigenvalue weighted by molar-refractivity contribution is -0.169. The van der Waals surface area contributed by atoms with E-state index in [1.54, 1.807) is 0 Å². The first kappa shape index (κ1) is 14.9. The Morgan fingerprint density at radius 3 is 2.47 bits per heavy atom. The average Bonchev–Trinajstić information content (AvgIpc) is 2.38. The SMILES string of the molecule is CCCCOCCOCCO[C@@H]1CCCCO1. The molecule has 1 heterocycles. The molecule has 0 unspecified atom stereocenters. The van der Waals surface area contributed by atoms with Crippen molar-refractivity contribution in [1.29, 1.82) is 0 Å². The van der Waals surface area contributed by atoms with Crippen LogP contribution in [-0.2, 0) is 18.9 Å². The van der Waals surface area contributed by atoms with E-state index in [2.05, 4.69) is 6.92 Å². The van der Waals surface area contributed by atoms with Crippen LogP contribution in [0.1, 0.15) is 39.0 Å². The van der Waals surface area contributed by atoms with Gasteiger partial charge in [-0.3, -0.25) is 0 Å². The van der Waals surface area contributed by atoms with Crippen molar-refractivity contribution in [3.63, 3.8) is 0 Å². The third-order valence-electron chi connectivity index (χ3n) is 2.68. The molecule has 0 amide bonds. The van der Waals surface area contributed by atoms with Gasteiger partial charge < -0.3 is 18.9 Å². The lowest BCUT2D eigenvalue weighted by Crippen LogP contribution is -2.24. The van der Waals surface area contributed by atoms with Crippen molar-refractivity contribution in [3.8, 4) is 0 Å². The zero-order chi connectivity index (χ0) is 12.2. The second kappa shape index (κ2) is 11.0. The minimum Gasteiger partial charge on any atom is -0.379 e. The molecule has 1 aliphatic heterocycles. The van der Waals surface area contributed by atoms with E-state index < -0.39 is 0 Å². The van der Waals surface area contributed by atoms with E-state index in [9.17, 15) is 0 Å². The molecular formula is C13H26O4. The lowest BCUT2D eigenvalue weighted by Gasteiger charge is -2.22. The van der Waals surface area contributed by atoms with Crippen molar-refractivity contribution >= 4 is 0 Å². The minimum absolute atomic E-state index is 0.00634. The molecule has 4 heteroatoms. The van der Waals surface area contributed by atoms with Gasteiger partial charge in [-0.25, -0.2) is 0 Å². The molecule has 0 aromatic rings. The predicted octanol–water partition coefficient (Wildman–Crippen LogP) is 2.36. The Labute approximate surface area is 105 Å². The molecule has 0 aliphatic carbocycles. The number of unbranched alkanes of at least 4 members (excludes halogenated alkanes) is 1. The van der Waals surface area contributed by atoms with Gasteiger partial charge in [0.1, 0.15) is 0 Å². The summed E-state index contributed by atoms with van der Waals surface area (Å²) < 4.78 is 21.8. The summed E-state index contributed by atoms with van der Waals surface area (Å²) in [5.41, 5.74) is 0. The Morgan fingerprint density at radius 2 is 1.76 bits per heavy atom. The van der Waals surface area contributed by atoms with E-state index in [0.717, 1.165) is 32.5 Å². The van der Waals surface area contributed by atoms with Crippen LogP contribution in [0.2, 0.25) is 0 Å². The monoisotopic (exact) mass is 246 g/mol. The van der Waals surface area contributed by atoms with Crippen LogP contribution in [0.3, 0.4) is 0 Å². The molecule has 0 N–H and O–H groups in total. The highest BCUT2D eigenvalue weighted by atomic mass is 16.7. The maximum Gasteiger partial charge on any atom is 0.157 e. The molecular weight excluding hydrogens is 220 g/mol. The molecule has 0 saturated carbocycles. The fourth-order valence-electron chi connectivity index (χ4n) is 1.65. The van der Waals surface area contributed by atoms with Gasteiger partial charge in [-0.1, -0.05) is 13.3 Å². The van der Waals surface area contributed by atoms with Crippen molar-refractivity contribution in [2.45, 2.75) is 45.3 Å². The summed E-state index contributed by atoms with van der Waals surface area (Å²) in [7, 11) is 0. The van der Waals surface area contributed by atoms with Gasteiger partial charge >= 0.3 is 0 Å². The summed E-state index contributed by atoms with van der Waals surface area (Å²) in [4.78, 5) is 0. The van der Waals surface area contributed by atoms with Crippen LogP contribution in [0.4, 0.5) is 0 Å². The van der Waals surface area contributed by atoms with Crippen molar-refractivity contribution in [3.05, 3.63) is 0 Å². The van der Waals surface area contributed by atoms with Crippen LogP contribution in [-0.4, -0.2) is 45.9 Å². The summed E-state index contributed by atoms with van der Waals surface area (Å²) >= 11 is 0. The van der Waals surface area contributed by atoms with Crippen molar-refractivity contribution in [2.24, 2.45) is 0 Å². The molecule has 4 nitrogen and oxygen atoms in total. The first-order valence-electron chi connectivity index (χ1n) is 6.82. The molecule has 1 saturated heterocycles. The number of ether oxygens (including phenoxy) is 4. The fourth-order valence-corrected chi connectivity index (χ4v) is 1.65. The summed E-state index contributed by atoms with van der Waals surface area (Å²) in [6, 6.07) is 0. The van der Waals surface area contributed by atoms with Gasteiger partial charge in [-0.05, 0) is 25.7 Å². The summed E-state index contributed by atoms with van der Waals surface area (Å²) in [6.07, 6.45) is 5.67. The second-order valence-electron chi connectivity index (χ2n) is 4.25. The van der Waals surface area contributed by atoms with E-state index in [-0.39, 0.29) is 6.29 Å². The van der Waals surface area contributed by atoms with Gasteiger partial charge in [-0.15, -0.1) is 0 Å². The summed E-state index contributed by atoms with van der Waals surface area (Å²) in [5, 5.41) is 0. The quantitative estimate of drug-likeness (QED) is 0.555. The number of hydrogen-bond acceptors (Lipinski definition) is 4. The average molecular weight is 246 g/mol. The van der Waals surface area contributed by atoms with E-state index in [1.165, 1.54) is 12.8 Å². The Morgan fingerprint density at radius 1 is 1.00 bits per heavy atom. The first-order valence-corrected chi connectivity index (χ1v) is 6.82. The molecule has 102 valence electrons. The van der Waals surface area contributed by atoms with Crippen LogP contribution in [0, 0.1) is 0 Å². The molecule has 0 bridgehead atoms. The smallest absolute Gasteiger partial charge is 0.157 e. The van der Waals surface area contributed by atoms with E-state index in [0.29, 0.717) is 26.4 Å². The third kappa shape index (κ3) is 8.55. The Bertz CT molecular complexity index is 157. The van der Waals surface area contributed by atoms with Crippen molar-refractivity contribution in [1.82, 2.24) is 0 Å². The molecule has 0 spiro atoms. The normalized spacial score (nSPS) is 20.6. The molecule has 17 heavy (non-hydrogen) atoms. The molecule has 1 atom stereocenters. The highest BCUT2D eigenvalue weighted by Crippen LogP contribution is 2.13. The Kier molecular flexibility index (Phi) is 9.61. The van der Waals surface area contributed by atoms with Crippen LogP contribution in [0.5, 0.6) is 0 Å². The maximum atomic E-state index is 5.54. The molecule has 1 fully saturated rings. The van der Waals surface area contributed by atoms with Crippen LogP contribution in [0.15, 0.2) is 0 Å². The highest BCUT2D eigenvalue weighted by molar-refractivity contribution is 4.53. The number of rotatable bonds is 10. The fraction of sp³-hybridized carbons (Fsp3) is 1.00. The van der Waals surface area contributed by atoms with E-state index in [1.807, 2.05) is 0 Å². The zero-order valence-electron chi connectivity index (χ0n) is 11.0. The van der Waals surface area contributed by atoms with Crippen molar-refractivity contribution < 1.29 is 18.9 Å². The van der Waals surface area contributed by atoms with Crippen LogP contribution >= 0.6 is 0 Å². The zero-order valence-corrected chi connectivity index (χ0v) is 11.0. The van der Waals surface area contributed by atoms with Gasteiger partial charge in [0.25, 0.3) is 0 Å². The summed E-state index contributed by atoms with van der Waals surface area (Å²) in [5.74, 6) is 0. The maximum absolute atomic E-state index is 5.54. The van der Waals surface area contributed by atoms with Crippen molar-refractivity contribution in [2.75, 3.05) is 39.6 Å². The highest BCUT2D eigenvalue weighted by Gasteiger charge is 2.13. The first-order chi connectivity index (χ1) is 8.43. The Balaban J connectivity index is 1.75. The van der Waals surface area contributed by atoms with Crippen LogP contribution < -0.4 is 0 Å². The Hall–Kier alpha value is -0.160. The standard InChI is InChI=1S/C13H26O4/c1-2-3-7-14-9-10-15-11-12-17-13-6-4-5-8-16-13/h13H,2-12H2,1H3/t13-/m1/s1. The molecule has 1 aliphatic rings. The minimum atomic E-state index is -0.00634. The molecule has 0 aromatic heterocycles. The lowest BCUT2D eigenvalue weighted by atomic mass is 10.2. The van der Waals surface area contributed by atoms with Gasteiger partial charge in [-0.2, -0.15) is 0 Å².